The molecule has 0 aromatic rings. The number of unbranched alkanes of at least 4 members (excludes halogenated alkanes) is 4. The van der Waals surface area contributed by atoms with Gasteiger partial charge < -0.3 is 10.2 Å². The van der Waals surface area contributed by atoms with E-state index >= 15 is 0 Å². The molecule has 104 valence electrons. The summed E-state index contributed by atoms with van der Waals surface area (Å²) in [5, 5.41) is 19.8. The number of hydrogen-bond acceptors (Lipinski definition) is 2. The van der Waals surface area contributed by atoms with E-state index in [9.17, 15) is 10.2 Å². The second-order valence-electron chi connectivity index (χ2n) is 4.93. The van der Waals surface area contributed by atoms with Crippen molar-refractivity contribution in [2.24, 2.45) is 0 Å². The maximum absolute atomic E-state index is 9.88. The van der Waals surface area contributed by atoms with Crippen LogP contribution in [0.1, 0.15) is 71.6 Å². The first-order chi connectivity index (χ1) is 7.83. The molecule has 0 aromatic heterocycles. The Hall–Kier alpha value is 0.880. The van der Waals surface area contributed by atoms with E-state index in [4.69, 9.17) is 0 Å². The van der Waals surface area contributed by atoms with Crippen LogP contribution in [0.2, 0.25) is 0 Å². The second-order valence-corrected chi connectivity index (χ2v) is 9.03. The van der Waals surface area contributed by atoms with E-state index < -0.39 is 5.79 Å². The standard InChI is InChI=1S/C13H26Br2O2/c1-3-5-7-8-9-12(14,15)11-13(16,17)10-6-4-2/h16-17H,3-11H2,1-2H3. The largest absolute Gasteiger partial charge is 0.366 e. The number of halogens is 2. The van der Waals surface area contributed by atoms with Crippen LogP contribution in [0.4, 0.5) is 0 Å². The third kappa shape index (κ3) is 10.5. The minimum absolute atomic E-state index is 0.326. The van der Waals surface area contributed by atoms with E-state index in [0.29, 0.717) is 12.8 Å². The lowest BCUT2D eigenvalue weighted by Crippen LogP contribution is -2.34. The average Bonchev–Trinajstić information content (AvgIpc) is 2.20. The van der Waals surface area contributed by atoms with Gasteiger partial charge in [0.1, 0.15) is 0 Å². The summed E-state index contributed by atoms with van der Waals surface area (Å²) >= 11 is 7.12. The summed E-state index contributed by atoms with van der Waals surface area (Å²) in [6.45, 7) is 4.24. The molecule has 0 amide bonds. The van der Waals surface area contributed by atoms with E-state index in [-0.39, 0.29) is 3.23 Å². The molecule has 0 rings (SSSR count). The Balaban J connectivity index is 3.95. The number of aliphatic hydroxyl groups is 2. The minimum Gasteiger partial charge on any atom is -0.366 e. The molecule has 0 saturated carbocycles. The van der Waals surface area contributed by atoms with Crippen LogP contribution in [-0.2, 0) is 0 Å². The zero-order valence-corrected chi connectivity index (χ0v) is 14.2. The Morgan fingerprint density at radius 1 is 0.824 bits per heavy atom. The molecule has 0 heterocycles. The van der Waals surface area contributed by atoms with Gasteiger partial charge in [0.05, 0.1) is 3.23 Å². The fourth-order valence-electron chi connectivity index (χ4n) is 1.86. The summed E-state index contributed by atoms with van der Waals surface area (Å²) < 4.78 is -0.342. The smallest absolute Gasteiger partial charge is 0.164 e. The normalized spacial score (nSPS) is 13.1. The van der Waals surface area contributed by atoms with Gasteiger partial charge in [-0.1, -0.05) is 77.8 Å². The molecule has 0 spiro atoms. The quantitative estimate of drug-likeness (QED) is 0.331. The van der Waals surface area contributed by atoms with Crippen molar-refractivity contribution in [1.82, 2.24) is 0 Å². The van der Waals surface area contributed by atoms with Crippen molar-refractivity contribution >= 4 is 31.9 Å². The van der Waals surface area contributed by atoms with E-state index in [1.54, 1.807) is 0 Å². The highest BCUT2D eigenvalue weighted by atomic mass is 79.9. The molecule has 4 heteroatoms. The molecule has 0 aromatic carbocycles. The third-order valence-corrected chi connectivity index (χ3v) is 4.22. The SMILES string of the molecule is CCCCCCC(Br)(Br)CC(O)(O)CCCC. The van der Waals surface area contributed by atoms with E-state index in [1.165, 1.54) is 19.3 Å². The monoisotopic (exact) mass is 372 g/mol. The van der Waals surface area contributed by atoms with Crippen molar-refractivity contribution in [3.8, 4) is 0 Å². The summed E-state index contributed by atoms with van der Waals surface area (Å²) in [7, 11) is 0. The fraction of sp³-hybridized carbons (Fsp3) is 1.00. The third-order valence-electron chi connectivity index (χ3n) is 2.87. The molecule has 0 bridgehead atoms. The van der Waals surface area contributed by atoms with Gasteiger partial charge in [0.15, 0.2) is 5.79 Å². The molecular formula is C13H26Br2O2. The Bertz CT molecular complexity index is 194. The van der Waals surface area contributed by atoms with Crippen LogP contribution < -0.4 is 0 Å². The summed E-state index contributed by atoms with van der Waals surface area (Å²) in [6.07, 6.45) is 8.29. The van der Waals surface area contributed by atoms with E-state index in [2.05, 4.69) is 45.7 Å². The highest BCUT2D eigenvalue weighted by Gasteiger charge is 2.34. The Morgan fingerprint density at radius 3 is 1.94 bits per heavy atom. The van der Waals surface area contributed by atoms with Crippen LogP contribution >= 0.6 is 31.9 Å². The highest BCUT2D eigenvalue weighted by molar-refractivity contribution is 9.25. The van der Waals surface area contributed by atoms with Gasteiger partial charge in [0.25, 0.3) is 0 Å². The summed E-state index contributed by atoms with van der Waals surface area (Å²) in [6, 6.07) is 0. The Kier molecular flexibility index (Phi) is 9.35. The predicted molar refractivity (Wildman–Crippen MR) is 80.7 cm³/mol. The van der Waals surface area contributed by atoms with Gasteiger partial charge in [0.2, 0.25) is 0 Å². The van der Waals surface area contributed by atoms with Gasteiger partial charge in [-0.25, -0.2) is 0 Å². The molecule has 0 aliphatic rings. The molecule has 0 unspecified atom stereocenters. The van der Waals surface area contributed by atoms with Crippen LogP contribution in [0.25, 0.3) is 0 Å². The van der Waals surface area contributed by atoms with Crippen molar-refractivity contribution in [3.05, 3.63) is 0 Å². The van der Waals surface area contributed by atoms with Gasteiger partial charge in [-0.2, -0.15) is 0 Å². The van der Waals surface area contributed by atoms with Gasteiger partial charge in [-0.15, -0.1) is 0 Å². The molecule has 2 nitrogen and oxygen atoms in total. The van der Waals surface area contributed by atoms with Crippen LogP contribution in [0, 0.1) is 0 Å². The van der Waals surface area contributed by atoms with E-state index in [1.807, 2.05) is 0 Å². The van der Waals surface area contributed by atoms with Gasteiger partial charge in [-0.3, -0.25) is 0 Å². The maximum Gasteiger partial charge on any atom is 0.164 e. The van der Waals surface area contributed by atoms with Crippen LogP contribution in [0.5, 0.6) is 0 Å². The first-order valence-electron chi connectivity index (χ1n) is 6.65. The summed E-state index contributed by atoms with van der Waals surface area (Å²) in [5.41, 5.74) is 0. The molecular weight excluding hydrogens is 348 g/mol. The fourth-order valence-corrected chi connectivity index (χ4v) is 3.32. The summed E-state index contributed by atoms with van der Waals surface area (Å²) in [4.78, 5) is 0. The molecule has 0 atom stereocenters. The van der Waals surface area contributed by atoms with Crippen molar-refractivity contribution in [1.29, 1.82) is 0 Å². The van der Waals surface area contributed by atoms with Crippen molar-refractivity contribution in [2.45, 2.75) is 80.7 Å². The van der Waals surface area contributed by atoms with Gasteiger partial charge in [0, 0.05) is 12.8 Å². The first kappa shape index (κ1) is 17.9. The van der Waals surface area contributed by atoms with Crippen LogP contribution in [-0.4, -0.2) is 19.2 Å². The van der Waals surface area contributed by atoms with Crippen molar-refractivity contribution < 1.29 is 10.2 Å². The van der Waals surface area contributed by atoms with Gasteiger partial charge >= 0.3 is 0 Å². The van der Waals surface area contributed by atoms with Crippen molar-refractivity contribution in [2.75, 3.05) is 0 Å². The number of alkyl halides is 2. The maximum atomic E-state index is 9.88. The van der Waals surface area contributed by atoms with Crippen LogP contribution in [0.15, 0.2) is 0 Å². The lowest BCUT2D eigenvalue weighted by Gasteiger charge is -2.30. The zero-order valence-electron chi connectivity index (χ0n) is 11.0. The number of rotatable bonds is 10. The lowest BCUT2D eigenvalue weighted by atomic mass is 10.0. The second kappa shape index (κ2) is 8.89. The molecule has 0 saturated heterocycles. The van der Waals surface area contributed by atoms with Gasteiger partial charge in [-0.05, 0) is 12.8 Å². The van der Waals surface area contributed by atoms with Crippen molar-refractivity contribution in [3.63, 3.8) is 0 Å². The molecule has 0 aliphatic heterocycles. The minimum atomic E-state index is -1.56. The Morgan fingerprint density at radius 2 is 1.41 bits per heavy atom. The molecule has 2 N–H and O–H groups in total. The van der Waals surface area contributed by atoms with Crippen LogP contribution in [0.3, 0.4) is 0 Å². The predicted octanol–water partition coefficient (Wildman–Crippen LogP) is 4.70. The number of hydrogen-bond donors (Lipinski definition) is 2. The van der Waals surface area contributed by atoms with E-state index in [0.717, 1.165) is 25.7 Å². The molecule has 17 heavy (non-hydrogen) atoms. The highest BCUT2D eigenvalue weighted by Crippen LogP contribution is 2.40. The Labute approximate surface area is 122 Å². The molecule has 0 radical (unpaired) electrons. The lowest BCUT2D eigenvalue weighted by molar-refractivity contribution is -0.171. The topological polar surface area (TPSA) is 40.5 Å². The average molecular weight is 374 g/mol. The molecule has 0 fully saturated rings. The zero-order chi connectivity index (χ0) is 13.4. The summed E-state index contributed by atoms with van der Waals surface area (Å²) in [5.74, 6) is -1.56. The molecule has 0 aliphatic carbocycles. The first-order valence-corrected chi connectivity index (χ1v) is 8.24.